The molecule has 0 aromatic heterocycles. The third-order valence-electron chi connectivity index (χ3n) is 3.73. The van der Waals surface area contributed by atoms with Crippen molar-refractivity contribution in [2.75, 3.05) is 37.7 Å². The smallest absolute Gasteiger partial charge is 0.320 e. The van der Waals surface area contributed by atoms with Crippen molar-refractivity contribution in [1.82, 2.24) is 9.80 Å². The van der Waals surface area contributed by atoms with Gasteiger partial charge in [-0.2, -0.15) is 0 Å². The fraction of sp³-hybridized carbons (Fsp3) is 0.818. The average Bonchev–Trinajstić information content (AvgIpc) is 2.38. The molecular formula is C11H18N2O5S. The lowest BCUT2D eigenvalue weighted by Crippen LogP contribution is -2.52. The van der Waals surface area contributed by atoms with E-state index in [1.807, 2.05) is 0 Å². The summed E-state index contributed by atoms with van der Waals surface area (Å²) in [7, 11) is -2.99. The van der Waals surface area contributed by atoms with Gasteiger partial charge in [-0.1, -0.05) is 0 Å². The number of likely N-dealkylation sites (tertiary alicyclic amines) is 1. The van der Waals surface area contributed by atoms with E-state index in [2.05, 4.69) is 0 Å². The minimum atomic E-state index is -2.99. The van der Waals surface area contributed by atoms with Gasteiger partial charge < -0.3 is 14.9 Å². The molecule has 0 saturated carbocycles. The van der Waals surface area contributed by atoms with Gasteiger partial charge in [0.15, 0.2) is 9.84 Å². The fourth-order valence-electron chi connectivity index (χ4n) is 2.42. The van der Waals surface area contributed by atoms with Crippen molar-refractivity contribution in [3.05, 3.63) is 0 Å². The number of amides is 2. The molecule has 2 aliphatic rings. The quantitative estimate of drug-likeness (QED) is 0.711. The number of carboxylic acids is 1. The Morgan fingerprint density at radius 3 is 1.89 bits per heavy atom. The Morgan fingerprint density at radius 2 is 1.42 bits per heavy atom. The molecule has 0 atom stereocenters. The van der Waals surface area contributed by atoms with Gasteiger partial charge >= 0.3 is 12.0 Å². The van der Waals surface area contributed by atoms with E-state index in [1.54, 1.807) is 9.80 Å². The van der Waals surface area contributed by atoms with Crippen molar-refractivity contribution in [3.63, 3.8) is 0 Å². The first-order valence-corrected chi connectivity index (χ1v) is 8.18. The Hall–Kier alpha value is -1.31. The van der Waals surface area contributed by atoms with Gasteiger partial charge in [-0.3, -0.25) is 4.79 Å². The van der Waals surface area contributed by atoms with Crippen LogP contribution in [0, 0.1) is 5.92 Å². The molecule has 2 aliphatic heterocycles. The largest absolute Gasteiger partial charge is 0.481 e. The second-order valence-corrected chi connectivity index (χ2v) is 7.32. The van der Waals surface area contributed by atoms with Crippen molar-refractivity contribution in [3.8, 4) is 0 Å². The van der Waals surface area contributed by atoms with Crippen LogP contribution in [0.15, 0.2) is 0 Å². The standard InChI is InChI=1S/C11H18N2O5S/c14-10(15)9-1-3-12(4-2-9)11(16)13-5-7-19(17,18)8-6-13/h9H,1-8H2,(H,14,15). The first-order chi connectivity index (χ1) is 8.89. The maximum atomic E-state index is 12.2. The summed E-state index contributed by atoms with van der Waals surface area (Å²) in [5.74, 6) is -1.14. The summed E-state index contributed by atoms with van der Waals surface area (Å²) in [4.78, 5) is 26.1. The third kappa shape index (κ3) is 3.37. The topological polar surface area (TPSA) is 95.0 Å². The van der Waals surface area contributed by atoms with E-state index in [4.69, 9.17) is 5.11 Å². The predicted molar refractivity (Wildman–Crippen MR) is 67.6 cm³/mol. The van der Waals surface area contributed by atoms with Crippen LogP contribution in [0.5, 0.6) is 0 Å². The molecule has 0 unspecified atom stereocenters. The van der Waals surface area contributed by atoms with Gasteiger partial charge in [-0.25, -0.2) is 13.2 Å². The lowest BCUT2D eigenvalue weighted by molar-refractivity contribution is -0.143. The van der Waals surface area contributed by atoms with Gasteiger partial charge in [0.25, 0.3) is 0 Å². The van der Waals surface area contributed by atoms with Gasteiger partial charge in [0, 0.05) is 26.2 Å². The summed E-state index contributed by atoms with van der Waals surface area (Å²) in [5.41, 5.74) is 0. The number of nitrogens with zero attached hydrogens (tertiary/aromatic N) is 2. The van der Waals surface area contributed by atoms with Gasteiger partial charge in [-0.05, 0) is 12.8 Å². The van der Waals surface area contributed by atoms with Gasteiger partial charge in [0.05, 0.1) is 17.4 Å². The van der Waals surface area contributed by atoms with Gasteiger partial charge in [0.2, 0.25) is 0 Å². The molecule has 0 spiro atoms. The molecule has 2 rings (SSSR count). The molecule has 2 fully saturated rings. The summed E-state index contributed by atoms with van der Waals surface area (Å²) in [6.07, 6.45) is 0.931. The molecule has 0 aliphatic carbocycles. The second-order valence-electron chi connectivity index (χ2n) is 5.02. The zero-order chi connectivity index (χ0) is 14.0. The maximum absolute atomic E-state index is 12.2. The number of sulfone groups is 1. The normalized spacial score (nSPS) is 24.2. The highest BCUT2D eigenvalue weighted by atomic mass is 32.2. The van der Waals surface area contributed by atoms with E-state index in [-0.39, 0.29) is 36.5 Å². The molecule has 2 saturated heterocycles. The highest BCUT2D eigenvalue weighted by Gasteiger charge is 2.31. The first-order valence-electron chi connectivity index (χ1n) is 6.36. The highest BCUT2D eigenvalue weighted by Crippen LogP contribution is 2.19. The van der Waals surface area contributed by atoms with Gasteiger partial charge in [-0.15, -0.1) is 0 Å². The number of hydrogen-bond acceptors (Lipinski definition) is 4. The van der Waals surface area contributed by atoms with E-state index in [0.717, 1.165) is 0 Å². The molecule has 2 heterocycles. The Labute approximate surface area is 112 Å². The molecule has 8 heteroatoms. The van der Waals surface area contributed by atoms with E-state index in [0.29, 0.717) is 25.9 Å². The minimum absolute atomic E-state index is 0.0182. The summed E-state index contributed by atoms with van der Waals surface area (Å²) in [6, 6.07) is -0.168. The monoisotopic (exact) mass is 290 g/mol. The number of urea groups is 1. The Balaban J connectivity index is 1.87. The van der Waals surface area contributed by atoms with Crippen LogP contribution >= 0.6 is 0 Å². The molecule has 0 bridgehead atoms. The number of carboxylic acid groups (broad SMARTS) is 1. The second kappa shape index (κ2) is 5.36. The van der Waals surface area contributed by atoms with Crippen molar-refractivity contribution < 1.29 is 23.1 Å². The van der Waals surface area contributed by atoms with Crippen molar-refractivity contribution in [2.24, 2.45) is 5.92 Å². The van der Waals surface area contributed by atoms with Crippen LogP contribution in [0.3, 0.4) is 0 Å². The maximum Gasteiger partial charge on any atom is 0.320 e. The molecule has 0 radical (unpaired) electrons. The van der Waals surface area contributed by atoms with Crippen LogP contribution in [0.1, 0.15) is 12.8 Å². The number of carbonyl (C=O) groups is 2. The number of piperidine rings is 1. The van der Waals surface area contributed by atoms with Crippen LogP contribution in [0.2, 0.25) is 0 Å². The van der Waals surface area contributed by atoms with Crippen molar-refractivity contribution >= 4 is 21.8 Å². The van der Waals surface area contributed by atoms with Crippen LogP contribution < -0.4 is 0 Å². The molecule has 108 valence electrons. The third-order valence-corrected chi connectivity index (χ3v) is 5.34. The summed E-state index contributed by atoms with van der Waals surface area (Å²) in [6.45, 7) is 1.33. The number of carbonyl (C=O) groups excluding carboxylic acids is 1. The molecule has 7 nitrogen and oxygen atoms in total. The predicted octanol–water partition coefficient (Wildman–Crippen LogP) is -0.367. The van der Waals surface area contributed by atoms with E-state index >= 15 is 0 Å². The Bertz CT molecular complexity index is 453. The van der Waals surface area contributed by atoms with E-state index < -0.39 is 15.8 Å². The average molecular weight is 290 g/mol. The highest BCUT2D eigenvalue weighted by molar-refractivity contribution is 7.91. The van der Waals surface area contributed by atoms with E-state index in [1.165, 1.54) is 0 Å². The van der Waals surface area contributed by atoms with Crippen molar-refractivity contribution in [2.45, 2.75) is 12.8 Å². The number of rotatable bonds is 1. The molecular weight excluding hydrogens is 272 g/mol. The Morgan fingerprint density at radius 1 is 0.947 bits per heavy atom. The minimum Gasteiger partial charge on any atom is -0.481 e. The van der Waals surface area contributed by atoms with Crippen LogP contribution in [0.25, 0.3) is 0 Å². The zero-order valence-electron chi connectivity index (χ0n) is 10.6. The summed E-state index contributed by atoms with van der Waals surface area (Å²) in [5, 5.41) is 8.89. The van der Waals surface area contributed by atoms with Gasteiger partial charge in [0.1, 0.15) is 0 Å². The molecule has 19 heavy (non-hydrogen) atoms. The van der Waals surface area contributed by atoms with Crippen molar-refractivity contribution in [1.29, 1.82) is 0 Å². The molecule has 0 aromatic rings. The lowest BCUT2D eigenvalue weighted by Gasteiger charge is -2.36. The Kier molecular flexibility index (Phi) is 3.98. The molecule has 1 N–H and O–H groups in total. The van der Waals surface area contributed by atoms with Crippen LogP contribution in [-0.4, -0.2) is 73.0 Å². The number of hydrogen-bond donors (Lipinski definition) is 1. The SMILES string of the molecule is O=C(O)C1CCN(C(=O)N2CCS(=O)(=O)CC2)CC1. The molecule has 2 amide bonds. The van der Waals surface area contributed by atoms with Crippen LogP contribution in [-0.2, 0) is 14.6 Å². The lowest BCUT2D eigenvalue weighted by atomic mass is 9.97. The summed E-state index contributed by atoms with van der Waals surface area (Å²) < 4.78 is 22.6. The number of aliphatic carboxylic acids is 1. The van der Waals surface area contributed by atoms with Crippen LogP contribution in [0.4, 0.5) is 4.79 Å². The zero-order valence-corrected chi connectivity index (χ0v) is 11.4. The molecule has 0 aromatic carbocycles. The summed E-state index contributed by atoms with van der Waals surface area (Å²) >= 11 is 0. The fourth-order valence-corrected chi connectivity index (χ4v) is 3.62. The first kappa shape index (κ1) is 14.1. The van der Waals surface area contributed by atoms with E-state index in [9.17, 15) is 18.0 Å².